The van der Waals surface area contributed by atoms with Gasteiger partial charge in [-0.15, -0.1) is 11.3 Å². The Labute approximate surface area is 137 Å². The summed E-state index contributed by atoms with van der Waals surface area (Å²) in [6, 6.07) is 4.33. The first-order valence-corrected chi connectivity index (χ1v) is 9.68. The molecule has 1 aromatic rings. The number of rotatable bonds is 4. The summed E-state index contributed by atoms with van der Waals surface area (Å²) < 4.78 is 0. The Morgan fingerprint density at radius 1 is 1.18 bits per heavy atom. The van der Waals surface area contributed by atoms with E-state index in [9.17, 15) is 4.79 Å². The monoisotopic (exact) mass is 318 g/mol. The number of carbonyl (C=O) groups is 1. The molecule has 1 saturated heterocycles. The van der Waals surface area contributed by atoms with Crippen molar-refractivity contribution in [2.24, 2.45) is 17.8 Å². The van der Waals surface area contributed by atoms with Crippen molar-refractivity contribution in [2.75, 3.05) is 26.2 Å². The van der Waals surface area contributed by atoms with Crippen molar-refractivity contribution in [2.45, 2.75) is 38.6 Å². The minimum absolute atomic E-state index is 0.424. The molecule has 4 heteroatoms. The Morgan fingerprint density at radius 3 is 2.68 bits per heavy atom. The van der Waals surface area contributed by atoms with Crippen molar-refractivity contribution in [3.8, 4) is 0 Å². The van der Waals surface area contributed by atoms with Gasteiger partial charge in [-0.25, -0.2) is 0 Å². The van der Waals surface area contributed by atoms with Crippen LogP contribution in [0.5, 0.6) is 0 Å². The zero-order chi connectivity index (χ0) is 14.9. The summed E-state index contributed by atoms with van der Waals surface area (Å²) >= 11 is 1.83. The predicted octanol–water partition coefficient (Wildman–Crippen LogP) is 3.22. The molecule has 3 unspecified atom stereocenters. The predicted molar refractivity (Wildman–Crippen MR) is 89.7 cm³/mol. The molecule has 2 heterocycles. The van der Waals surface area contributed by atoms with E-state index in [-0.39, 0.29) is 0 Å². The van der Waals surface area contributed by atoms with Crippen LogP contribution in [-0.2, 0) is 11.3 Å². The van der Waals surface area contributed by atoms with Gasteiger partial charge in [0.2, 0.25) is 5.91 Å². The van der Waals surface area contributed by atoms with Crippen LogP contribution in [0.25, 0.3) is 0 Å². The number of nitrogens with zero attached hydrogens (tertiary/aromatic N) is 2. The van der Waals surface area contributed by atoms with E-state index < -0.39 is 0 Å². The molecule has 4 rings (SSSR count). The summed E-state index contributed by atoms with van der Waals surface area (Å²) in [6.45, 7) is 4.95. The molecule has 3 nitrogen and oxygen atoms in total. The number of fused-ring (bicyclic) bond motifs is 2. The second-order valence-electron chi connectivity index (χ2n) is 7.38. The van der Waals surface area contributed by atoms with E-state index >= 15 is 0 Å². The van der Waals surface area contributed by atoms with E-state index in [1.54, 1.807) is 0 Å². The van der Waals surface area contributed by atoms with Crippen LogP contribution in [0.2, 0.25) is 0 Å². The molecular formula is C18H26N2OS. The third kappa shape index (κ3) is 3.09. The lowest BCUT2D eigenvalue weighted by Gasteiger charge is -2.35. The molecule has 0 spiro atoms. The fraction of sp³-hybridized carbons (Fsp3) is 0.722. The van der Waals surface area contributed by atoms with Gasteiger partial charge in [0, 0.05) is 44.0 Å². The summed E-state index contributed by atoms with van der Waals surface area (Å²) in [5.74, 6) is 2.95. The minimum Gasteiger partial charge on any atom is -0.340 e. The highest BCUT2D eigenvalue weighted by Gasteiger charge is 2.40. The summed E-state index contributed by atoms with van der Waals surface area (Å²) in [5, 5.41) is 2.14. The van der Waals surface area contributed by atoms with E-state index in [1.165, 1.54) is 30.6 Å². The van der Waals surface area contributed by atoms with Crippen molar-refractivity contribution in [3.05, 3.63) is 22.4 Å². The summed E-state index contributed by atoms with van der Waals surface area (Å²) in [7, 11) is 0. The quantitative estimate of drug-likeness (QED) is 0.851. The van der Waals surface area contributed by atoms with Crippen molar-refractivity contribution >= 4 is 17.2 Å². The molecule has 22 heavy (non-hydrogen) atoms. The third-order valence-corrected chi connectivity index (χ3v) is 6.87. The standard InChI is InChI=1S/C18H26N2OS/c21-18(12-16-11-14-3-4-15(16)10-14)20-7-5-19(6-8-20)13-17-2-1-9-22-17/h1-2,9,14-16H,3-8,10-13H2. The van der Waals surface area contributed by atoms with Crippen LogP contribution in [0.1, 0.15) is 37.0 Å². The lowest BCUT2D eigenvalue weighted by molar-refractivity contribution is -0.134. The number of carbonyl (C=O) groups excluding carboxylic acids is 1. The van der Waals surface area contributed by atoms with Crippen LogP contribution in [0.15, 0.2) is 17.5 Å². The molecule has 120 valence electrons. The highest BCUT2D eigenvalue weighted by atomic mass is 32.1. The van der Waals surface area contributed by atoms with Crippen LogP contribution >= 0.6 is 11.3 Å². The molecule has 2 bridgehead atoms. The third-order valence-electron chi connectivity index (χ3n) is 6.01. The Bertz CT molecular complexity index is 507. The second-order valence-corrected chi connectivity index (χ2v) is 8.41. The number of amides is 1. The molecule has 3 fully saturated rings. The van der Waals surface area contributed by atoms with Gasteiger partial charge >= 0.3 is 0 Å². The molecule has 1 aromatic heterocycles. The second kappa shape index (κ2) is 6.32. The van der Waals surface area contributed by atoms with Crippen molar-refractivity contribution in [1.82, 2.24) is 9.80 Å². The van der Waals surface area contributed by atoms with Gasteiger partial charge in [-0.2, -0.15) is 0 Å². The van der Waals surface area contributed by atoms with Crippen LogP contribution in [-0.4, -0.2) is 41.9 Å². The molecule has 2 saturated carbocycles. The summed E-state index contributed by atoms with van der Waals surface area (Å²) in [6.07, 6.45) is 6.38. The van der Waals surface area contributed by atoms with Gasteiger partial charge in [-0.05, 0) is 48.5 Å². The Kier molecular flexibility index (Phi) is 4.23. The van der Waals surface area contributed by atoms with E-state index in [0.29, 0.717) is 11.8 Å². The van der Waals surface area contributed by atoms with Gasteiger partial charge in [0.25, 0.3) is 0 Å². The van der Waals surface area contributed by atoms with Crippen LogP contribution in [0.4, 0.5) is 0 Å². The first kappa shape index (κ1) is 14.7. The van der Waals surface area contributed by atoms with E-state index in [0.717, 1.165) is 51.0 Å². The number of thiophene rings is 1. The molecule has 2 aliphatic carbocycles. The largest absolute Gasteiger partial charge is 0.340 e. The van der Waals surface area contributed by atoms with Gasteiger partial charge in [0.05, 0.1) is 0 Å². The normalized spacial score (nSPS) is 31.8. The van der Waals surface area contributed by atoms with Crippen LogP contribution in [0, 0.1) is 17.8 Å². The zero-order valence-electron chi connectivity index (χ0n) is 13.2. The Morgan fingerprint density at radius 2 is 2.05 bits per heavy atom. The van der Waals surface area contributed by atoms with Crippen LogP contribution in [0.3, 0.4) is 0 Å². The lowest BCUT2D eigenvalue weighted by atomic mass is 9.86. The highest BCUT2D eigenvalue weighted by Crippen LogP contribution is 2.49. The van der Waals surface area contributed by atoms with E-state index in [1.807, 2.05) is 11.3 Å². The van der Waals surface area contributed by atoms with Crippen molar-refractivity contribution in [1.29, 1.82) is 0 Å². The lowest BCUT2D eigenvalue weighted by Crippen LogP contribution is -2.48. The fourth-order valence-electron chi connectivity index (χ4n) is 4.76. The number of piperazine rings is 1. The van der Waals surface area contributed by atoms with Gasteiger partial charge in [0.15, 0.2) is 0 Å². The average Bonchev–Trinajstić information content (AvgIpc) is 3.25. The first-order valence-electron chi connectivity index (χ1n) is 8.80. The van der Waals surface area contributed by atoms with E-state index in [2.05, 4.69) is 27.3 Å². The van der Waals surface area contributed by atoms with E-state index in [4.69, 9.17) is 0 Å². The van der Waals surface area contributed by atoms with Gasteiger partial charge in [-0.3, -0.25) is 9.69 Å². The van der Waals surface area contributed by atoms with Gasteiger partial charge in [0.1, 0.15) is 0 Å². The molecular weight excluding hydrogens is 292 g/mol. The average molecular weight is 318 g/mol. The highest BCUT2D eigenvalue weighted by molar-refractivity contribution is 7.09. The SMILES string of the molecule is O=C(CC1CC2CCC1C2)N1CCN(Cc2cccs2)CC1. The van der Waals surface area contributed by atoms with Gasteiger partial charge < -0.3 is 4.90 Å². The number of hydrogen-bond acceptors (Lipinski definition) is 3. The fourth-order valence-corrected chi connectivity index (χ4v) is 5.50. The maximum absolute atomic E-state index is 12.6. The smallest absolute Gasteiger partial charge is 0.222 e. The molecule has 1 amide bonds. The minimum atomic E-state index is 0.424. The van der Waals surface area contributed by atoms with Crippen molar-refractivity contribution in [3.63, 3.8) is 0 Å². The summed E-state index contributed by atoms with van der Waals surface area (Å²) in [5.41, 5.74) is 0. The Hall–Kier alpha value is -0.870. The maximum atomic E-state index is 12.6. The molecule has 0 N–H and O–H groups in total. The van der Waals surface area contributed by atoms with Gasteiger partial charge in [-0.1, -0.05) is 12.5 Å². The molecule has 1 aliphatic heterocycles. The molecule has 0 aromatic carbocycles. The Balaban J connectivity index is 1.24. The maximum Gasteiger partial charge on any atom is 0.222 e. The number of hydrogen-bond donors (Lipinski definition) is 0. The first-order chi connectivity index (χ1) is 10.8. The zero-order valence-corrected chi connectivity index (χ0v) is 14.1. The molecule has 0 radical (unpaired) electrons. The topological polar surface area (TPSA) is 23.6 Å². The molecule has 3 aliphatic rings. The van der Waals surface area contributed by atoms with Crippen molar-refractivity contribution < 1.29 is 4.79 Å². The molecule has 3 atom stereocenters. The summed E-state index contributed by atoms with van der Waals surface area (Å²) in [4.78, 5) is 18.6. The van der Waals surface area contributed by atoms with Crippen LogP contribution < -0.4 is 0 Å².